The van der Waals surface area contributed by atoms with E-state index in [0.717, 1.165) is 11.1 Å². The number of nitrogens with one attached hydrogen (secondary N) is 1. The van der Waals surface area contributed by atoms with Gasteiger partial charge in [-0.25, -0.2) is 0 Å². The summed E-state index contributed by atoms with van der Waals surface area (Å²) in [6.45, 7) is 0.158. The fraction of sp³-hybridized carbons (Fsp3) is 0.235. The molecule has 1 amide bonds. The number of hydrogen-bond donors (Lipinski definition) is 3. The van der Waals surface area contributed by atoms with E-state index in [4.69, 9.17) is 5.73 Å². The van der Waals surface area contributed by atoms with E-state index in [-0.39, 0.29) is 12.5 Å². The summed E-state index contributed by atoms with van der Waals surface area (Å²) in [5.41, 5.74) is 7.67. The molecule has 0 saturated carbocycles. The summed E-state index contributed by atoms with van der Waals surface area (Å²) >= 11 is 0. The monoisotopic (exact) mass is 284 g/mol. The highest BCUT2D eigenvalue weighted by atomic mass is 16.3. The molecule has 21 heavy (non-hydrogen) atoms. The summed E-state index contributed by atoms with van der Waals surface area (Å²) in [6.07, 6.45) is -0.243. The van der Waals surface area contributed by atoms with Gasteiger partial charge in [0.25, 0.3) is 0 Å². The van der Waals surface area contributed by atoms with Gasteiger partial charge in [0, 0.05) is 6.54 Å². The molecule has 0 aliphatic rings. The van der Waals surface area contributed by atoms with Gasteiger partial charge in [-0.15, -0.1) is 0 Å². The zero-order valence-corrected chi connectivity index (χ0v) is 11.8. The SMILES string of the molecule is N[C@H](Cc1ccccc1)C(=O)NCC(O)c1ccccc1. The van der Waals surface area contributed by atoms with Crippen molar-refractivity contribution in [3.05, 3.63) is 71.8 Å². The molecule has 4 N–H and O–H groups in total. The van der Waals surface area contributed by atoms with Crippen LogP contribution in [0.25, 0.3) is 0 Å². The topological polar surface area (TPSA) is 75.4 Å². The fourth-order valence-electron chi connectivity index (χ4n) is 2.08. The Hall–Kier alpha value is -2.17. The van der Waals surface area contributed by atoms with Crippen LogP contribution in [-0.4, -0.2) is 23.6 Å². The number of amides is 1. The van der Waals surface area contributed by atoms with Crippen LogP contribution in [0, 0.1) is 0 Å². The second-order valence-corrected chi connectivity index (χ2v) is 4.97. The summed E-state index contributed by atoms with van der Waals surface area (Å²) in [5, 5.41) is 12.7. The molecule has 0 bridgehead atoms. The molecule has 0 spiro atoms. The van der Waals surface area contributed by atoms with E-state index in [9.17, 15) is 9.90 Å². The Labute approximate surface area is 124 Å². The number of benzene rings is 2. The third-order valence-corrected chi connectivity index (χ3v) is 3.29. The number of carbonyl (C=O) groups is 1. The zero-order valence-electron chi connectivity index (χ0n) is 11.8. The van der Waals surface area contributed by atoms with Crippen molar-refractivity contribution in [3.8, 4) is 0 Å². The molecular weight excluding hydrogens is 264 g/mol. The van der Waals surface area contributed by atoms with Gasteiger partial charge in [0.15, 0.2) is 0 Å². The predicted octanol–water partition coefficient (Wildman–Crippen LogP) is 1.41. The molecule has 0 aliphatic heterocycles. The van der Waals surface area contributed by atoms with E-state index in [1.165, 1.54) is 0 Å². The van der Waals surface area contributed by atoms with Crippen LogP contribution in [-0.2, 0) is 11.2 Å². The Kier molecular flexibility index (Phi) is 5.49. The summed E-state index contributed by atoms with van der Waals surface area (Å²) < 4.78 is 0. The number of carbonyl (C=O) groups excluding carboxylic acids is 1. The minimum Gasteiger partial charge on any atom is -0.387 e. The number of hydrogen-bond acceptors (Lipinski definition) is 3. The van der Waals surface area contributed by atoms with Gasteiger partial charge in [0.1, 0.15) is 0 Å². The lowest BCUT2D eigenvalue weighted by Gasteiger charge is -2.15. The molecule has 2 aromatic rings. The molecule has 0 aromatic heterocycles. The Morgan fingerprint density at radius 3 is 2.24 bits per heavy atom. The van der Waals surface area contributed by atoms with Gasteiger partial charge in [0.05, 0.1) is 12.1 Å². The first-order valence-electron chi connectivity index (χ1n) is 6.97. The van der Waals surface area contributed by atoms with Gasteiger partial charge >= 0.3 is 0 Å². The Balaban J connectivity index is 1.81. The molecule has 0 radical (unpaired) electrons. The minimum atomic E-state index is -0.723. The Bertz CT molecular complexity index is 558. The zero-order chi connectivity index (χ0) is 15.1. The number of aliphatic hydroxyl groups excluding tert-OH is 1. The predicted molar refractivity (Wildman–Crippen MR) is 82.5 cm³/mol. The van der Waals surface area contributed by atoms with Crippen molar-refractivity contribution in [3.63, 3.8) is 0 Å². The van der Waals surface area contributed by atoms with E-state index in [0.29, 0.717) is 6.42 Å². The summed E-state index contributed by atoms with van der Waals surface area (Å²) in [4.78, 5) is 11.9. The molecule has 0 aliphatic carbocycles. The molecule has 2 atom stereocenters. The van der Waals surface area contributed by atoms with Crippen LogP contribution in [0.2, 0.25) is 0 Å². The first-order valence-corrected chi connectivity index (χ1v) is 6.97. The molecule has 1 unspecified atom stereocenters. The molecule has 0 fully saturated rings. The second kappa shape index (κ2) is 7.57. The molecule has 2 rings (SSSR count). The van der Waals surface area contributed by atoms with E-state index in [2.05, 4.69) is 5.32 Å². The minimum absolute atomic E-state index is 0.158. The van der Waals surface area contributed by atoms with Crippen molar-refractivity contribution < 1.29 is 9.90 Å². The number of rotatable bonds is 6. The van der Waals surface area contributed by atoms with Gasteiger partial charge < -0.3 is 16.2 Å². The van der Waals surface area contributed by atoms with Crippen molar-refractivity contribution in [1.29, 1.82) is 0 Å². The van der Waals surface area contributed by atoms with Crippen molar-refractivity contribution in [2.45, 2.75) is 18.6 Å². The van der Waals surface area contributed by atoms with Gasteiger partial charge in [-0.2, -0.15) is 0 Å². The van der Waals surface area contributed by atoms with E-state index in [1.807, 2.05) is 60.7 Å². The largest absolute Gasteiger partial charge is 0.387 e. The molecule has 110 valence electrons. The summed E-state index contributed by atoms with van der Waals surface area (Å²) in [7, 11) is 0. The second-order valence-electron chi connectivity index (χ2n) is 4.97. The Morgan fingerprint density at radius 2 is 1.62 bits per heavy atom. The van der Waals surface area contributed by atoms with Gasteiger partial charge in [0.2, 0.25) is 5.91 Å². The van der Waals surface area contributed by atoms with Crippen molar-refractivity contribution in [1.82, 2.24) is 5.32 Å². The highest BCUT2D eigenvalue weighted by Gasteiger charge is 2.15. The van der Waals surface area contributed by atoms with E-state index in [1.54, 1.807) is 0 Å². The molecule has 4 heteroatoms. The Morgan fingerprint density at radius 1 is 1.05 bits per heavy atom. The van der Waals surface area contributed by atoms with Gasteiger partial charge in [-0.05, 0) is 17.5 Å². The van der Waals surface area contributed by atoms with Crippen LogP contribution >= 0.6 is 0 Å². The van der Waals surface area contributed by atoms with Gasteiger partial charge in [-0.1, -0.05) is 60.7 Å². The third kappa shape index (κ3) is 4.70. The smallest absolute Gasteiger partial charge is 0.237 e. The van der Waals surface area contributed by atoms with Crippen molar-refractivity contribution in [2.24, 2.45) is 5.73 Å². The lowest BCUT2D eigenvalue weighted by molar-refractivity contribution is -0.122. The van der Waals surface area contributed by atoms with Crippen LogP contribution in [0.4, 0.5) is 0 Å². The lowest BCUT2D eigenvalue weighted by atomic mass is 10.1. The highest BCUT2D eigenvalue weighted by molar-refractivity contribution is 5.81. The standard InChI is InChI=1S/C17H20N2O2/c18-15(11-13-7-3-1-4-8-13)17(21)19-12-16(20)14-9-5-2-6-10-14/h1-10,15-16,20H,11-12,18H2,(H,19,21)/t15-,16?/m1/s1. The van der Waals surface area contributed by atoms with Crippen LogP contribution in [0.15, 0.2) is 60.7 Å². The lowest BCUT2D eigenvalue weighted by Crippen LogP contribution is -2.43. The number of nitrogens with two attached hydrogens (primary N) is 1. The maximum Gasteiger partial charge on any atom is 0.237 e. The molecule has 0 saturated heterocycles. The molecule has 4 nitrogen and oxygen atoms in total. The molecular formula is C17H20N2O2. The summed E-state index contributed by atoms with van der Waals surface area (Å²) in [5.74, 6) is -0.256. The maximum absolute atomic E-state index is 11.9. The van der Waals surface area contributed by atoms with Crippen molar-refractivity contribution in [2.75, 3.05) is 6.54 Å². The normalized spacial score (nSPS) is 13.4. The van der Waals surface area contributed by atoms with Gasteiger partial charge in [-0.3, -0.25) is 4.79 Å². The third-order valence-electron chi connectivity index (χ3n) is 3.29. The maximum atomic E-state index is 11.9. The highest BCUT2D eigenvalue weighted by Crippen LogP contribution is 2.10. The average molecular weight is 284 g/mol. The van der Waals surface area contributed by atoms with Crippen LogP contribution in [0.1, 0.15) is 17.2 Å². The number of aliphatic hydroxyl groups is 1. The van der Waals surface area contributed by atoms with E-state index >= 15 is 0 Å². The van der Waals surface area contributed by atoms with Crippen LogP contribution in [0.3, 0.4) is 0 Å². The van der Waals surface area contributed by atoms with Crippen LogP contribution < -0.4 is 11.1 Å². The van der Waals surface area contributed by atoms with Crippen LogP contribution in [0.5, 0.6) is 0 Å². The average Bonchev–Trinajstić information content (AvgIpc) is 2.54. The molecule has 2 aromatic carbocycles. The quantitative estimate of drug-likeness (QED) is 0.750. The molecule has 0 heterocycles. The fourth-order valence-corrected chi connectivity index (χ4v) is 2.08. The van der Waals surface area contributed by atoms with E-state index < -0.39 is 12.1 Å². The first-order chi connectivity index (χ1) is 10.2. The first kappa shape index (κ1) is 15.2. The van der Waals surface area contributed by atoms with Crippen molar-refractivity contribution >= 4 is 5.91 Å². The summed E-state index contributed by atoms with van der Waals surface area (Å²) in [6, 6.07) is 18.2.